The summed E-state index contributed by atoms with van der Waals surface area (Å²) in [7, 11) is 1.90. The van der Waals surface area contributed by atoms with Gasteiger partial charge in [0.15, 0.2) is 0 Å². The van der Waals surface area contributed by atoms with Crippen LogP contribution in [0.2, 0.25) is 0 Å². The minimum absolute atomic E-state index is 0.264. The molecular weight excluding hydrogens is 326 g/mol. The van der Waals surface area contributed by atoms with E-state index >= 15 is 0 Å². The molecular formula is C10H11BrClN3OS. The second-order valence-corrected chi connectivity index (χ2v) is 6.60. The van der Waals surface area contributed by atoms with Crippen LogP contribution in [0, 0.1) is 0 Å². The molecule has 0 aromatic carbocycles. The Morgan fingerprint density at radius 3 is 2.88 bits per heavy atom. The zero-order valence-electron chi connectivity index (χ0n) is 9.35. The molecule has 0 aliphatic heterocycles. The van der Waals surface area contributed by atoms with Crippen molar-refractivity contribution in [1.29, 1.82) is 0 Å². The first kappa shape index (κ1) is 12.9. The molecule has 0 bridgehead atoms. The van der Waals surface area contributed by atoms with Gasteiger partial charge in [-0.05, 0) is 39.9 Å². The number of rotatable bonds is 4. The zero-order chi connectivity index (χ0) is 12.4. The number of aromatic nitrogens is 2. The summed E-state index contributed by atoms with van der Waals surface area (Å²) in [5.74, 6) is 0.444. The summed E-state index contributed by atoms with van der Waals surface area (Å²) in [5, 5.41) is 9.66. The number of nitrogens with zero attached hydrogens (tertiary/aromatic N) is 3. The van der Waals surface area contributed by atoms with Gasteiger partial charge in [0.1, 0.15) is 5.38 Å². The third-order valence-corrected chi connectivity index (χ3v) is 3.88. The molecule has 17 heavy (non-hydrogen) atoms. The first-order chi connectivity index (χ1) is 8.06. The first-order valence-corrected chi connectivity index (χ1v) is 7.08. The minimum Gasteiger partial charge on any atom is -0.406 e. The molecule has 7 heteroatoms. The quantitative estimate of drug-likeness (QED) is 0.796. The van der Waals surface area contributed by atoms with Crippen molar-refractivity contribution in [1.82, 2.24) is 10.2 Å². The highest BCUT2D eigenvalue weighted by atomic mass is 79.9. The summed E-state index contributed by atoms with van der Waals surface area (Å²) in [4.78, 5) is 1.89. The molecule has 0 fully saturated rings. The van der Waals surface area contributed by atoms with Crippen molar-refractivity contribution >= 4 is 44.9 Å². The Labute approximate surface area is 117 Å². The van der Waals surface area contributed by atoms with E-state index in [1.807, 2.05) is 11.9 Å². The van der Waals surface area contributed by atoms with Gasteiger partial charge in [0, 0.05) is 13.6 Å². The van der Waals surface area contributed by atoms with Crippen molar-refractivity contribution in [3.8, 4) is 0 Å². The van der Waals surface area contributed by atoms with Gasteiger partial charge in [-0.15, -0.1) is 28.0 Å². The maximum Gasteiger partial charge on any atom is 0.318 e. The topological polar surface area (TPSA) is 42.2 Å². The van der Waals surface area contributed by atoms with Crippen LogP contribution in [0.25, 0.3) is 0 Å². The highest BCUT2D eigenvalue weighted by Crippen LogP contribution is 2.24. The van der Waals surface area contributed by atoms with Crippen molar-refractivity contribution in [2.45, 2.75) is 18.8 Å². The van der Waals surface area contributed by atoms with Gasteiger partial charge < -0.3 is 9.32 Å². The fourth-order valence-electron chi connectivity index (χ4n) is 1.31. The van der Waals surface area contributed by atoms with Crippen LogP contribution in [0.15, 0.2) is 19.6 Å². The number of anilines is 1. The van der Waals surface area contributed by atoms with Crippen LogP contribution < -0.4 is 4.90 Å². The van der Waals surface area contributed by atoms with Gasteiger partial charge in [-0.3, -0.25) is 0 Å². The summed E-state index contributed by atoms with van der Waals surface area (Å²) >= 11 is 11.0. The lowest BCUT2D eigenvalue weighted by Crippen LogP contribution is -2.16. The molecule has 4 nitrogen and oxygen atoms in total. The van der Waals surface area contributed by atoms with E-state index in [2.05, 4.69) is 37.6 Å². The fraction of sp³-hybridized carbons (Fsp3) is 0.400. The molecule has 0 aliphatic rings. The van der Waals surface area contributed by atoms with E-state index < -0.39 is 0 Å². The number of hydrogen-bond acceptors (Lipinski definition) is 5. The lowest BCUT2D eigenvalue weighted by atomic mass is 10.3. The van der Waals surface area contributed by atoms with Crippen molar-refractivity contribution in [3.05, 3.63) is 26.7 Å². The van der Waals surface area contributed by atoms with Gasteiger partial charge in [0.2, 0.25) is 5.89 Å². The predicted molar refractivity (Wildman–Crippen MR) is 72.7 cm³/mol. The van der Waals surface area contributed by atoms with Gasteiger partial charge in [0.25, 0.3) is 0 Å². The molecule has 92 valence electrons. The highest BCUT2D eigenvalue weighted by molar-refractivity contribution is 9.11. The monoisotopic (exact) mass is 335 g/mol. The fourth-order valence-corrected chi connectivity index (χ4v) is 2.60. The predicted octanol–water partition coefficient (Wildman–Crippen LogP) is 3.83. The van der Waals surface area contributed by atoms with E-state index in [-0.39, 0.29) is 5.38 Å². The number of halogens is 2. The molecule has 0 saturated heterocycles. The third kappa shape index (κ3) is 3.20. The van der Waals surface area contributed by atoms with Crippen LogP contribution in [-0.2, 0) is 6.54 Å². The Bertz CT molecular complexity index is 499. The molecule has 0 saturated carbocycles. The van der Waals surface area contributed by atoms with E-state index in [4.69, 9.17) is 16.0 Å². The van der Waals surface area contributed by atoms with Crippen LogP contribution in [-0.4, -0.2) is 17.2 Å². The van der Waals surface area contributed by atoms with Crippen molar-refractivity contribution < 1.29 is 4.42 Å². The standard InChI is InChI=1S/C10H11BrClN3OS/c1-6(12)9-13-14-10(16-9)15(2)4-7-3-8(11)17-5-7/h3,5-6H,4H2,1-2H3. The summed E-state index contributed by atoms with van der Waals surface area (Å²) < 4.78 is 6.56. The number of alkyl halides is 1. The maximum absolute atomic E-state index is 5.87. The molecule has 2 aromatic rings. The molecule has 0 aliphatic carbocycles. The Morgan fingerprint density at radius 2 is 2.35 bits per heavy atom. The van der Waals surface area contributed by atoms with E-state index in [1.54, 1.807) is 18.3 Å². The van der Waals surface area contributed by atoms with Crippen molar-refractivity contribution in [3.63, 3.8) is 0 Å². The Kier molecular flexibility index (Phi) is 4.06. The van der Waals surface area contributed by atoms with Crippen molar-refractivity contribution in [2.75, 3.05) is 11.9 Å². The summed E-state index contributed by atoms with van der Waals surface area (Å²) in [6.45, 7) is 2.52. The SMILES string of the molecule is CC(Cl)c1nnc(N(C)Cc2csc(Br)c2)o1. The lowest BCUT2D eigenvalue weighted by molar-refractivity contribution is 0.489. The first-order valence-electron chi connectivity index (χ1n) is 4.98. The van der Waals surface area contributed by atoms with E-state index in [0.717, 1.165) is 10.3 Å². The van der Waals surface area contributed by atoms with Crippen molar-refractivity contribution in [2.24, 2.45) is 0 Å². The molecule has 1 unspecified atom stereocenters. The lowest BCUT2D eigenvalue weighted by Gasteiger charge is -2.12. The Hall–Kier alpha value is -0.590. The molecule has 0 radical (unpaired) electrons. The average molecular weight is 337 g/mol. The Morgan fingerprint density at radius 1 is 1.59 bits per heavy atom. The summed E-state index contributed by atoms with van der Waals surface area (Å²) in [6, 6.07) is 2.55. The smallest absolute Gasteiger partial charge is 0.318 e. The van der Waals surface area contributed by atoms with E-state index in [9.17, 15) is 0 Å². The van der Waals surface area contributed by atoms with E-state index in [0.29, 0.717) is 11.9 Å². The largest absolute Gasteiger partial charge is 0.406 e. The van der Waals surface area contributed by atoms with Gasteiger partial charge in [-0.2, -0.15) is 0 Å². The highest BCUT2D eigenvalue weighted by Gasteiger charge is 2.14. The summed E-state index contributed by atoms with van der Waals surface area (Å²) in [5.41, 5.74) is 1.20. The number of hydrogen-bond donors (Lipinski definition) is 0. The minimum atomic E-state index is -0.264. The van der Waals surface area contributed by atoms with E-state index in [1.165, 1.54) is 5.56 Å². The molecule has 1 atom stereocenters. The molecule has 0 spiro atoms. The molecule has 0 amide bonds. The van der Waals surface area contributed by atoms with Gasteiger partial charge >= 0.3 is 6.01 Å². The Balaban J connectivity index is 2.06. The van der Waals surface area contributed by atoms with Crippen LogP contribution >= 0.6 is 38.9 Å². The number of thiophene rings is 1. The van der Waals surface area contributed by atoms with Gasteiger partial charge in [-0.1, -0.05) is 5.10 Å². The van der Waals surface area contributed by atoms with Crippen LogP contribution in [0.1, 0.15) is 23.8 Å². The van der Waals surface area contributed by atoms with Gasteiger partial charge in [0.05, 0.1) is 3.79 Å². The maximum atomic E-state index is 5.87. The second-order valence-electron chi connectivity index (χ2n) is 3.65. The second kappa shape index (κ2) is 5.37. The van der Waals surface area contributed by atoms with Crippen LogP contribution in [0.3, 0.4) is 0 Å². The third-order valence-electron chi connectivity index (χ3n) is 2.14. The van der Waals surface area contributed by atoms with Crippen LogP contribution in [0.5, 0.6) is 0 Å². The van der Waals surface area contributed by atoms with Crippen LogP contribution in [0.4, 0.5) is 6.01 Å². The van der Waals surface area contributed by atoms with Gasteiger partial charge in [-0.25, -0.2) is 0 Å². The molecule has 2 heterocycles. The normalized spacial score (nSPS) is 12.7. The molecule has 0 N–H and O–H groups in total. The molecule has 2 aromatic heterocycles. The average Bonchev–Trinajstić information content (AvgIpc) is 2.86. The summed E-state index contributed by atoms with van der Waals surface area (Å²) in [6.07, 6.45) is 0. The zero-order valence-corrected chi connectivity index (χ0v) is 12.5. The molecule has 2 rings (SSSR count).